The highest BCUT2D eigenvalue weighted by molar-refractivity contribution is 6.31. The smallest absolute Gasteiger partial charge is 0.508 e. The van der Waals surface area contributed by atoms with Crippen LogP contribution in [0.4, 0.5) is 23.2 Å². The monoisotopic (exact) mass is 634 g/mol. The lowest BCUT2D eigenvalue weighted by Gasteiger charge is -2.49. The Morgan fingerprint density at radius 3 is 2.43 bits per heavy atom. The topological polar surface area (TPSA) is 104 Å². The van der Waals surface area contributed by atoms with Gasteiger partial charge in [-0.25, -0.2) is 9.29 Å². The van der Waals surface area contributed by atoms with Crippen molar-refractivity contribution in [3.63, 3.8) is 0 Å². The number of benzene rings is 2. The van der Waals surface area contributed by atoms with E-state index >= 15 is 0 Å². The van der Waals surface area contributed by atoms with E-state index in [9.17, 15) is 41.8 Å². The number of alkyl halides is 3. The molecule has 6 atom stereocenters. The molecule has 2 aliphatic carbocycles. The summed E-state index contributed by atoms with van der Waals surface area (Å²) in [6.45, 7) is 3.54. The molecule has 0 bridgehead atoms. The van der Waals surface area contributed by atoms with Gasteiger partial charge in [-0.1, -0.05) is 30.2 Å². The molecule has 4 aliphatic rings. The fourth-order valence-corrected chi connectivity index (χ4v) is 7.87. The van der Waals surface area contributed by atoms with E-state index in [-0.39, 0.29) is 41.6 Å². The lowest BCUT2D eigenvalue weighted by molar-refractivity contribution is -0.274. The van der Waals surface area contributed by atoms with Gasteiger partial charge < -0.3 is 9.84 Å². The molecule has 8 nitrogen and oxygen atoms in total. The third-order valence-electron chi connectivity index (χ3n) is 9.52. The van der Waals surface area contributed by atoms with Gasteiger partial charge in [-0.15, -0.1) is 13.2 Å². The van der Waals surface area contributed by atoms with Crippen LogP contribution in [0.2, 0.25) is 5.02 Å². The molecule has 0 radical (unpaired) electrons. The van der Waals surface area contributed by atoms with Crippen LogP contribution in [0.3, 0.4) is 0 Å². The summed E-state index contributed by atoms with van der Waals surface area (Å²) in [6, 6.07) is 6.26. The highest BCUT2D eigenvalue weighted by atomic mass is 35.5. The van der Waals surface area contributed by atoms with Gasteiger partial charge in [-0.3, -0.25) is 24.1 Å². The van der Waals surface area contributed by atoms with Gasteiger partial charge in [0.1, 0.15) is 17.3 Å². The molecular weight excluding hydrogens is 608 g/mol. The average molecular weight is 635 g/mol. The molecule has 1 N–H and O–H groups in total. The van der Waals surface area contributed by atoms with Crippen molar-refractivity contribution < 1.29 is 46.6 Å². The maximum atomic E-state index is 14.4. The standard InChI is InChI=1S/C31H27ClF4N2O6/c1-3-10-37-26(40)17-7-6-16-18(24(17)28(37)42)13-20-27(41)38(14-4-8-22(33)21(32)11-14)29(43)30(20,2)25(16)19-12-15(5-9-23(19)39)44-31(34,35)36/h4-6,8-9,11-12,17-18,20,24-25,39H,3,7,10,13H2,1-2H3/t17-,18+,20-,24-,25+,30+/m0/s1. The first kappa shape index (κ1) is 30.1. The first-order chi connectivity index (χ1) is 20.7. The zero-order chi connectivity index (χ0) is 31.9. The number of imide groups is 2. The third kappa shape index (κ3) is 4.40. The first-order valence-electron chi connectivity index (χ1n) is 14.2. The van der Waals surface area contributed by atoms with Gasteiger partial charge in [0.25, 0.3) is 0 Å². The molecule has 0 aromatic heterocycles. The number of rotatable bonds is 5. The van der Waals surface area contributed by atoms with Crippen molar-refractivity contribution in [1.82, 2.24) is 4.90 Å². The van der Waals surface area contributed by atoms with Crippen molar-refractivity contribution in [2.24, 2.45) is 29.1 Å². The fourth-order valence-electron chi connectivity index (χ4n) is 7.70. The Kier molecular flexibility index (Phi) is 7.06. The second-order valence-electron chi connectivity index (χ2n) is 11.9. The third-order valence-corrected chi connectivity index (χ3v) is 9.81. The molecule has 2 heterocycles. The van der Waals surface area contributed by atoms with Crippen molar-refractivity contribution in [3.05, 3.63) is 64.5 Å². The van der Waals surface area contributed by atoms with Crippen LogP contribution in [0.25, 0.3) is 0 Å². The van der Waals surface area contributed by atoms with Crippen LogP contribution in [0, 0.1) is 34.9 Å². The molecule has 4 amide bonds. The molecule has 2 aromatic carbocycles. The van der Waals surface area contributed by atoms with Crippen LogP contribution >= 0.6 is 11.6 Å². The minimum absolute atomic E-state index is 0.00442. The number of carbonyl (C=O) groups is 4. The number of hydrogen-bond donors (Lipinski definition) is 1. The van der Waals surface area contributed by atoms with Crippen LogP contribution in [-0.2, 0) is 19.2 Å². The molecule has 2 aromatic rings. The number of carbonyl (C=O) groups excluding carboxylic acids is 4. The number of allylic oxidation sites excluding steroid dienone is 2. The van der Waals surface area contributed by atoms with E-state index < -0.39 is 76.4 Å². The van der Waals surface area contributed by atoms with E-state index in [0.29, 0.717) is 12.0 Å². The number of hydrogen-bond acceptors (Lipinski definition) is 6. The number of anilines is 1. The number of halogens is 5. The minimum Gasteiger partial charge on any atom is -0.508 e. The Labute approximate surface area is 254 Å². The average Bonchev–Trinajstić information content (AvgIpc) is 3.31. The maximum Gasteiger partial charge on any atom is 0.573 e. The summed E-state index contributed by atoms with van der Waals surface area (Å²) >= 11 is 5.97. The molecule has 13 heteroatoms. The Balaban J connectivity index is 1.54. The van der Waals surface area contributed by atoms with Crippen LogP contribution in [0.5, 0.6) is 11.5 Å². The lowest BCUT2D eigenvalue weighted by Crippen LogP contribution is -2.49. The molecule has 232 valence electrons. The van der Waals surface area contributed by atoms with Gasteiger partial charge in [0, 0.05) is 18.0 Å². The Bertz CT molecular complexity index is 1640. The zero-order valence-corrected chi connectivity index (χ0v) is 24.3. The van der Waals surface area contributed by atoms with E-state index in [1.807, 2.05) is 6.92 Å². The Morgan fingerprint density at radius 1 is 1.05 bits per heavy atom. The van der Waals surface area contributed by atoms with Gasteiger partial charge in [-0.05, 0) is 68.5 Å². The summed E-state index contributed by atoms with van der Waals surface area (Å²) in [7, 11) is 0. The number of phenolic OH excluding ortho intramolecular Hbond substituents is 1. The highest BCUT2D eigenvalue weighted by Gasteiger charge is 2.68. The summed E-state index contributed by atoms with van der Waals surface area (Å²) in [5.41, 5.74) is -1.29. The largest absolute Gasteiger partial charge is 0.573 e. The maximum absolute atomic E-state index is 14.4. The summed E-state index contributed by atoms with van der Waals surface area (Å²) < 4.78 is 57.7. The second-order valence-corrected chi connectivity index (χ2v) is 12.3. The fraction of sp³-hybridized carbons (Fsp3) is 0.419. The van der Waals surface area contributed by atoms with Crippen molar-refractivity contribution in [3.8, 4) is 11.5 Å². The van der Waals surface area contributed by atoms with Crippen molar-refractivity contribution in [2.45, 2.75) is 45.4 Å². The summed E-state index contributed by atoms with van der Waals surface area (Å²) in [5.74, 6) is -8.57. The highest BCUT2D eigenvalue weighted by Crippen LogP contribution is 2.64. The SMILES string of the molecule is CCCN1C(=O)[C@H]2[C@H](CC=C3[C@H]2C[C@H]2C(=O)N(c4ccc(F)c(Cl)c4)C(=O)[C@@]2(C)[C@H]3c2cc(OC(F)(F)F)ccc2O)C1=O. The predicted molar refractivity (Wildman–Crippen MR) is 148 cm³/mol. The Morgan fingerprint density at radius 2 is 1.77 bits per heavy atom. The summed E-state index contributed by atoms with van der Waals surface area (Å²) in [4.78, 5) is 57.4. The quantitative estimate of drug-likeness (QED) is 0.256. The van der Waals surface area contributed by atoms with E-state index in [4.69, 9.17) is 11.6 Å². The van der Waals surface area contributed by atoms with Gasteiger partial charge in [0.2, 0.25) is 23.6 Å². The van der Waals surface area contributed by atoms with Gasteiger partial charge in [0.05, 0.1) is 33.9 Å². The van der Waals surface area contributed by atoms with E-state index in [0.717, 1.165) is 35.2 Å². The van der Waals surface area contributed by atoms with Crippen LogP contribution in [-0.4, -0.2) is 46.5 Å². The molecule has 0 unspecified atom stereocenters. The molecule has 44 heavy (non-hydrogen) atoms. The molecule has 0 spiro atoms. The number of likely N-dealkylation sites (tertiary alicyclic amines) is 1. The number of aromatic hydroxyl groups is 1. The predicted octanol–water partition coefficient (Wildman–Crippen LogP) is 5.72. The van der Waals surface area contributed by atoms with Gasteiger partial charge in [0.15, 0.2) is 0 Å². The number of phenols is 1. The van der Waals surface area contributed by atoms with Gasteiger partial charge in [-0.2, -0.15) is 0 Å². The summed E-state index contributed by atoms with van der Waals surface area (Å²) in [5, 5.41) is 10.7. The zero-order valence-electron chi connectivity index (χ0n) is 23.5. The Hall–Kier alpha value is -3.93. The molecule has 2 aliphatic heterocycles. The van der Waals surface area contributed by atoms with Crippen molar-refractivity contribution in [2.75, 3.05) is 11.4 Å². The van der Waals surface area contributed by atoms with Crippen LogP contribution in [0.15, 0.2) is 48.0 Å². The first-order valence-corrected chi connectivity index (χ1v) is 14.5. The van der Waals surface area contributed by atoms with E-state index in [2.05, 4.69) is 4.74 Å². The summed E-state index contributed by atoms with van der Waals surface area (Å²) in [6.07, 6.45) is -2.67. The molecule has 1 saturated carbocycles. The van der Waals surface area contributed by atoms with Crippen molar-refractivity contribution >= 4 is 40.9 Å². The number of nitrogens with zero attached hydrogens (tertiary/aromatic N) is 2. The second kappa shape index (κ2) is 10.3. The number of fused-ring (bicyclic) bond motifs is 4. The van der Waals surface area contributed by atoms with Gasteiger partial charge >= 0.3 is 6.36 Å². The molecule has 6 rings (SSSR count). The number of amides is 4. The van der Waals surface area contributed by atoms with Crippen LogP contribution in [0.1, 0.15) is 44.6 Å². The van der Waals surface area contributed by atoms with E-state index in [1.165, 1.54) is 17.9 Å². The molecular formula is C31H27ClF4N2O6. The van der Waals surface area contributed by atoms with E-state index in [1.54, 1.807) is 6.08 Å². The molecule has 3 fully saturated rings. The van der Waals surface area contributed by atoms with Crippen LogP contribution < -0.4 is 9.64 Å². The minimum atomic E-state index is -5.05. The van der Waals surface area contributed by atoms with Crippen molar-refractivity contribution in [1.29, 1.82) is 0 Å². The number of ether oxygens (including phenoxy) is 1. The lowest BCUT2D eigenvalue weighted by atomic mass is 9.51. The molecule has 2 saturated heterocycles. The normalized spacial score (nSPS) is 29.9.